The first-order valence-electron chi connectivity index (χ1n) is 8.19. The molecule has 140 valence electrons. The number of hydrogen-bond donors (Lipinski definition) is 0. The number of carbonyl (C=O) groups excluding carboxylic acids is 2. The molecule has 3 fully saturated rings. The van der Waals surface area contributed by atoms with Crippen LogP contribution in [0.25, 0.3) is 0 Å². The average Bonchev–Trinajstić information content (AvgIpc) is 3.13. The molecule has 0 spiro atoms. The van der Waals surface area contributed by atoms with Gasteiger partial charge in [-0.15, -0.1) is 0 Å². The summed E-state index contributed by atoms with van der Waals surface area (Å²) in [6.07, 6.45) is -0.281. The summed E-state index contributed by atoms with van der Waals surface area (Å²) in [4.78, 5) is 23.0. The lowest BCUT2D eigenvalue weighted by atomic mass is 9.82. The molecule has 1 heterocycles. The van der Waals surface area contributed by atoms with Gasteiger partial charge in [0, 0.05) is 11.5 Å². The lowest BCUT2D eigenvalue weighted by Gasteiger charge is -2.31. The Bertz CT molecular complexity index is 684. The topological polar surface area (TPSA) is 105 Å². The zero-order valence-electron chi connectivity index (χ0n) is 14.2. The zero-order valence-corrected chi connectivity index (χ0v) is 15.0. The van der Waals surface area contributed by atoms with Gasteiger partial charge in [-0.05, 0) is 25.2 Å². The summed E-state index contributed by atoms with van der Waals surface area (Å²) in [5.74, 6) is -1.56. The number of fused-ring (bicyclic) bond motifs is 1. The second-order valence-corrected chi connectivity index (χ2v) is 8.50. The maximum absolute atomic E-state index is 12.3. The first-order chi connectivity index (χ1) is 11.8. The summed E-state index contributed by atoms with van der Waals surface area (Å²) in [5.41, 5.74) is 0.297. The van der Waals surface area contributed by atoms with Crippen molar-refractivity contribution in [3.63, 3.8) is 0 Å². The standard InChI is InChI=1S/C16H22O8S/c1-8(2)16(18)23-5-4-22-13-9-6-11-14(13)24-25(19,20)15(11)10(9)7-12(17)21-3/h9-11,13-15H,1,4-7H2,2-3H3. The summed E-state index contributed by atoms with van der Waals surface area (Å²) in [5, 5.41) is -0.664. The van der Waals surface area contributed by atoms with Gasteiger partial charge >= 0.3 is 11.9 Å². The second kappa shape index (κ2) is 6.69. The molecule has 2 aliphatic carbocycles. The molecule has 8 nitrogen and oxygen atoms in total. The number of hydrogen-bond acceptors (Lipinski definition) is 8. The molecule has 9 heteroatoms. The molecule has 0 aromatic rings. The predicted octanol–water partition coefficient (Wildman–Crippen LogP) is 0.417. The van der Waals surface area contributed by atoms with Crippen LogP contribution in [-0.2, 0) is 38.1 Å². The first-order valence-corrected chi connectivity index (χ1v) is 9.66. The van der Waals surface area contributed by atoms with E-state index in [4.69, 9.17) is 18.4 Å². The lowest BCUT2D eigenvalue weighted by molar-refractivity contribution is -0.145. The van der Waals surface area contributed by atoms with Gasteiger partial charge in [-0.3, -0.25) is 8.98 Å². The van der Waals surface area contributed by atoms with Crippen molar-refractivity contribution in [2.75, 3.05) is 20.3 Å². The molecular formula is C16H22O8S. The maximum atomic E-state index is 12.3. The van der Waals surface area contributed by atoms with Crippen LogP contribution in [0.3, 0.4) is 0 Å². The minimum absolute atomic E-state index is 0.0299. The van der Waals surface area contributed by atoms with Crippen LogP contribution in [0, 0.1) is 17.8 Å². The van der Waals surface area contributed by atoms with Crippen molar-refractivity contribution >= 4 is 22.1 Å². The number of methoxy groups -OCH3 is 1. The fraction of sp³-hybridized carbons (Fsp3) is 0.750. The van der Waals surface area contributed by atoms with E-state index < -0.39 is 39.5 Å². The van der Waals surface area contributed by atoms with Gasteiger partial charge in [0.2, 0.25) is 0 Å². The summed E-state index contributed by atoms with van der Waals surface area (Å²) < 4.78 is 45.3. The highest BCUT2D eigenvalue weighted by Crippen LogP contribution is 2.59. The maximum Gasteiger partial charge on any atom is 0.333 e. The van der Waals surface area contributed by atoms with Gasteiger partial charge in [0.25, 0.3) is 10.1 Å². The van der Waals surface area contributed by atoms with Crippen LogP contribution < -0.4 is 0 Å². The van der Waals surface area contributed by atoms with Crippen molar-refractivity contribution in [1.82, 2.24) is 0 Å². The molecule has 25 heavy (non-hydrogen) atoms. The Morgan fingerprint density at radius 1 is 1.24 bits per heavy atom. The van der Waals surface area contributed by atoms with Crippen LogP contribution in [-0.4, -0.2) is 58.1 Å². The highest BCUT2D eigenvalue weighted by atomic mass is 32.2. The highest BCUT2D eigenvalue weighted by Gasteiger charge is 2.69. The Labute approximate surface area is 146 Å². The van der Waals surface area contributed by atoms with Crippen molar-refractivity contribution in [1.29, 1.82) is 0 Å². The van der Waals surface area contributed by atoms with E-state index >= 15 is 0 Å². The van der Waals surface area contributed by atoms with Crippen molar-refractivity contribution in [2.24, 2.45) is 17.8 Å². The predicted molar refractivity (Wildman–Crippen MR) is 84.8 cm³/mol. The van der Waals surface area contributed by atoms with Gasteiger partial charge in [0.05, 0.1) is 31.5 Å². The molecule has 1 saturated heterocycles. The van der Waals surface area contributed by atoms with Crippen molar-refractivity contribution in [2.45, 2.75) is 37.2 Å². The normalized spacial score (nSPS) is 37.0. The van der Waals surface area contributed by atoms with Gasteiger partial charge in [0.1, 0.15) is 12.7 Å². The van der Waals surface area contributed by atoms with Crippen LogP contribution in [0.4, 0.5) is 0 Å². The summed E-state index contributed by atoms with van der Waals surface area (Å²) in [6.45, 7) is 5.21. The summed E-state index contributed by atoms with van der Waals surface area (Å²) in [6, 6.07) is 0. The van der Waals surface area contributed by atoms with E-state index in [0.29, 0.717) is 12.0 Å². The third kappa shape index (κ3) is 3.20. The number of esters is 2. The van der Waals surface area contributed by atoms with E-state index in [1.807, 2.05) is 0 Å². The van der Waals surface area contributed by atoms with Crippen LogP contribution in [0.15, 0.2) is 12.2 Å². The zero-order chi connectivity index (χ0) is 18.4. The van der Waals surface area contributed by atoms with Gasteiger partial charge < -0.3 is 14.2 Å². The highest BCUT2D eigenvalue weighted by molar-refractivity contribution is 7.87. The molecule has 0 aromatic heterocycles. The van der Waals surface area contributed by atoms with E-state index in [1.54, 1.807) is 6.92 Å². The van der Waals surface area contributed by atoms with E-state index in [-0.39, 0.29) is 37.4 Å². The Morgan fingerprint density at radius 3 is 2.60 bits per heavy atom. The molecule has 0 aromatic carbocycles. The Hall–Kier alpha value is -1.45. The molecule has 6 atom stereocenters. The monoisotopic (exact) mass is 374 g/mol. The molecule has 1 aliphatic heterocycles. The third-order valence-corrected chi connectivity index (χ3v) is 7.15. The van der Waals surface area contributed by atoms with Crippen molar-refractivity contribution in [3.05, 3.63) is 12.2 Å². The van der Waals surface area contributed by atoms with Crippen LogP contribution in [0.5, 0.6) is 0 Å². The molecule has 2 saturated carbocycles. The molecule has 6 unspecified atom stereocenters. The van der Waals surface area contributed by atoms with Crippen LogP contribution in [0.2, 0.25) is 0 Å². The number of ether oxygens (including phenoxy) is 3. The second-order valence-electron chi connectivity index (χ2n) is 6.78. The third-order valence-electron chi connectivity index (χ3n) is 5.29. The quantitative estimate of drug-likeness (QED) is 0.273. The number of carbonyl (C=O) groups is 2. The minimum atomic E-state index is -3.71. The molecule has 3 rings (SSSR count). The van der Waals surface area contributed by atoms with E-state index in [0.717, 1.165) is 0 Å². The summed E-state index contributed by atoms with van der Waals surface area (Å²) >= 11 is 0. The minimum Gasteiger partial charge on any atom is -0.469 e. The smallest absolute Gasteiger partial charge is 0.333 e. The van der Waals surface area contributed by atoms with Gasteiger partial charge in [-0.25, -0.2) is 4.79 Å². The van der Waals surface area contributed by atoms with Gasteiger partial charge in [-0.2, -0.15) is 8.42 Å². The Kier molecular flexibility index (Phi) is 4.91. The van der Waals surface area contributed by atoms with Gasteiger partial charge in [-0.1, -0.05) is 6.58 Å². The average molecular weight is 374 g/mol. The molecular weight excluding hydrogens is 352 g/mol. The molecule has 0 amide bonds. The fourth-order valence-corrected chi connectivity index (χ4v) is 6.46. The molecule has 3 aliphatic rings. The van der Waals surface area contributed by atoms with Crippen LogP contribution in [0.1, 0.15) is 19.8 Å². The largest absolute Gasteiger partial charge is 0.469 e. The molecule has 0 N–H and O–H groups in total. The Balaban J connectivity index is 1.65. The van der Waals surface area contributed by atoms with Crippen molar-refractivity contribution < 1.29 is 36.4 Å². The van der Waals surface area contributed by atoms with E-state index in [9.17, 15) is 18.0 Å². The number of rotatable bonds is 7. The van der Waals surface area contributed by atoms with Gasteiger partial charge in [0.15, 0.2) is 0 Å². The summed E-state index contributed by atoms with van der Waals surface area (Å²) in [7, 11) is -2.43. The Morgan fingerprint density at radius 2 is 1.96 bits per heavy atom. The fourth-order valence-electron chi connectivity index (χ4n) is 4.35. The molecule has 0 radical (unpaired) electrons. The lowest BCUT2D eigenvalue weighted by Crippen LogP contribution is -2.42. The van der Waals surface area contributed by atoms with Crippen molar-refractivity contribution in [3.8, 4) is 0 Å². The molecule has 2 bridgehead atoms. The van der Waals surface area contributed by atoms with E-state index in [2.05, 4.69) is 6.58 Å². The van der Waals surface area contributed by atoms with Crippen LogP contribution >= 0.6 is 0 Å². The first kappa shape index (κ1) is 18.3. The van der Waals surface area contributed by atoms with E-state index in [1.165, 1.54) is 7.11 Å². The SMILES string of the molecule is C=C(C)C(=O)OCCOC1C2CC3C1OS(=O)(=O)C3C2CC(=O)OC.